The molecule has 0 aliphatic heterocycles. The first-order chi connectivity index (χ1) is 9.40. The van der Waals surface area contributed by atoms with Gasteiger partial charge in [-0.05, 0) is 23.9 Å². The molecule has 0 fully saturated rings. The number of pyridine rings is 1. The van der Waals surface area contributed by atoms with Crippen molar-refractivity contribution in [3.8, 4) is 11.1 Å². The number of halogens is 1. The summed E-state index contributed by atoms with van der Waals surface area (Å²) >= 11 is 1.25. The summed E-state index contributed by atoms with van der Waals surface area (Å²) in [5.41, 5.74) is 3.02. The van der Waals surface area contributed by atoms with Gasteiger partial charge in [0.1, 0.15) is 6.67 Å². The maximum Gasteiger partial charge on any atom is 0.264 e. The zero-order chi connectivity index (χ0) is 14.8. The molecule has 0 amide bonds. The van der Waals surface area contributed by atoms with Gasteiger partial charge in [0.25, 0.3) is 10.1 Å². The Morgan fingerprint density at radius 2 is 2.15 bits per heavy atom. The van der Waals surface area contributed by atoms with Crippen molar-refractivity contribution in [3.05, 3.63) is 39.8 Å². The summed E-state index contributed by atoms with van der Waals surface area (Å²) < 4.78 is 40.0. The van der Waals surface area contributed by atoms with Gasteiger partial charge < -0.3 is 0 Å². The molecule has 0 saturated heterocycles. The highest BCUT2D eigenvalue weighted by Gasteiger charge is 2.15. The number of aromatic nitrogens is 1. The van der Waals surface area contributed by atoms with Crippen LogP contribution in [-0.2, 0) is 27.6 Å². The molecule has 0 bridgehead atoms. The SMILES string of the molecule is Cc1ccc(-c2csc(CF)c2COS(C)(=O)=O)cn1. The Morgan fingerprint density at radius 1 is 1.40 bits per heavy atom. The van der Waals surface area contributed by atoms with Gasteiger partial charge in [0, 0.05) is 27.9 Å². The molecule has 4 nitrogen and oxygen atoms in total. The maximum absolute atomic E-state index is 13.0. The molecule has 2 rings (SSSR count). The first-order valence-corrected chi connectivity index (χ1v) is 8.53. The molecule has 0 aliphatic carbocycles. The van der Waals surface area contributed by atoms with Gasteiger partial charge >= 0.3 is 0 Å². The molecule has 20 heavy (non-hydrogen) atoms. The lowest BCUT2D eigenvalue weighted by molar-refractivity contribution is 0.310. The first kappa shape index (κ1) is 15.1. The van der Waals surface area contributed by atoms with Crippen molar-refractivity contribution in [2.75, 3.05) is 6.26 Å². The maximum atomic E-state index is 13.0. The Balaban J connectivity index is 2.38. The molecule has 108 valence electrons. The smallest absolute Gasteiger partial charge is 0.264 e. The largest absolute Gasteiger partial charge is 0.265 e. The molecular formula is C13H14FNO3S2. The van der Waals surface area contributed by atoms with Gasteiger partial charge in [-0.25, -0.2) is 4.39 Å². The van der Waals surface area contributed by atoms with E-state index in [-0.39, 0.29) is 6.61 Å². The van der Waals surface area contributed by atoms with Crippen LogP contribution in [-0.4, -0.2) is 19.7 Å². The van der Waals surface area contributed by atoms with Crippen LogP contribution < -0.4 is 0 Å². The molecule has 0 atom stereocenters. The average molecular weight is 315 g/mol. The number of rotatable bonds is 5. The summed E-state index contributed by atoms with van der Waals surface area (Å²) in [6.07, 6.45) is 2.66. The van der Waals surface area contributed by atoms with Crippen molar-refractivity contribution in [1.29, 1.82) is 0 Å². The molecule has 0 aliphatic rings. The highest BCUT2D eigenvalue weighted by atomic mass is 32.2. The van der Waals surface area contributed by atoms with Gasteiger partial charge in [0.15, 0.2) is 0 Å². The minimum absolute atomic E-state index is 0.162. The van der Waals surface area contributed by atoms with Gasteiger partial charge in [-0.1, -0.05) is 6.07 Å². The summed E-state index contributed by atoms with van der Waals surface area (Å²) in [6.45, 7) is 1.06. The molecule has 0 N–H and O–H groups in total. The molecule has 2 aromatic heterocycles. The molecule has 2 aromatic rings. The van der Waals surface area contributed by atoms with Crippen LogP contribution in [0.2, 0.25) is 0 Å². The highest BCUT2D eigenvalue weighted by Crippen LogP contribution is 2.33. The van der Waals surface area contributed by atoms with Gasteiger partial charge in [0.2, 0.25) is 0 Å². The summed E-state index contributed by atoms with van der Waals surface area (Å²) in [7, 11) is -3.56. The Bertz CT molecular complexity index is 693. The topological polar surface area (TPSA) is 56.3 Å². The molecule has 2 heterocycles. The normalized spacial score (nSPS) is 11.8. The Kier molecular flexibility index (Phi) is 4.52. The second-order valence-electron chi connectivity index (χ2n) is 4.34. The lowest BCUT2D eigenvalue weighted by Gasteiger charge is -2.06. The van der Waals surface area contributed by atoms with E-state index in [4.69, 9.17) is 4.18 Å². The molecule has 7 heteroatoms. The van der Waals surface area contributed by atoms with Crippen LogP contribution in [0.3, 0.4) is 0 Å². The summed E-state index contributed by atoms with van der Waals surface area (Å²) in [4.78, 5) is 4.67. The fourth-order valence-corrected chi connectivity index (χ4v) is 2.97. The van der Waals surface area contributed by atoms with Crippen LogP contribution in [0.15, 0.2) is 23.7 Å². The van der Waals surface area contributed by atoms with Gasteiger partial charge in [-0.15, -0.1) is 11.3 Å². The van der Waals surface area contributed by atoms with Crippen molar-refractivity contribution >= 4 is 21.5 Å². The van der Waals surface area contributed by atoms with E-state index in [1.807, 2.05) is 19.1 Å². The van der Waals surface area contributed by atoms with Crippen LogP contribution in [0.5, 0.6) is 0 Å². The van der Waals surface area contributed by atoms with E-state index in [0.29, 0.717) is 10.4 Å². The summed E-state index contributed by atoms with van der Waals surface area (Å²) in [5.74, 6) is 0. The zero-order valence-corrected chi connectivity index (χ0v) is 12.7. The highest BCUT2D eigenvalue weighted by molar-refractivity contribution is 7.85. The zero-order valence-electron chi connectivity index (χ0n) is 11.1. The number of alkyl halides is 1. The number of aryl methyl sites for hydroxylation is 1. The number of hydrogen-bond acceptors (Lipinski definition) is 5. The average Bonchev–Trinajstić information content (AvgIpc) is 2.79. The Morgan fingerprint density at radius 3 is 2.70 bits per heavy atom. The number of nitrogens with zero attached hydrogens (tertiary/aromatic N) is 1. The molecular weight excluding hydrogens is 301 g/mol. The summed E-state index contributed by atoms with van der Waals surface area (Å²) in [6, 6.07) is 3.72. The van der Waals surface area contributed by atoms with E-state index >= 15 is 0 Å². The lowest BCUT2D eigenvalue weighted by atomic mass is 10.1. The molecule has 0 radical (unpaired) electrons. The van der Waals surface area contributed by atoms with Crippen molar-refractivity contribution in [3.63, 3.8) is 0 Å². The number of thiophene rings is 1. The van der Waals surface area contributed by atoms with Crippen LogP contribution in [0, 0.1) is 6.92 Å². The van der Waals surface area contributed by atoms with Crippen LogP contribution >= 0.6 is 11.3 Å². The fourth-order valence-electron chi connectivity index (χ4n) is 1.73. The van der Waals surface area contributed by atoms with Gasteiger partial charge in [0.05, 0.1) is 12.9 Å². The summed E-state index contributed by atoms with van der Waals surface area (Å²) in [5, 5.41) is 1.79. The fraction of sp³-hybridized carbons (Fsp3) is 0.308. The number of hydrogen-bond donors (Lipinski definition) is 0. The quantitative estimate of drug-likeness (QED) is 0.796. The third kappa shape index (κ3) is 3.62. The molecule has 0 saturated carbocycles. The Labute approximate surface area is 121 Å². The minimum Gasteiger partial charge on any atom is -0.265 e. The standard InChI is InChI=1S/C13H14FNO3S2/c1-9-3-4-10(6-15-9)12-8-19-13(5-14)11(12)7-18-20(2,16)17/h3-4,6,8H,5,7H2,1-2H3. The lowest BCUT2D eigenvalue weighted by Crippen LogP contribution is -2.04. The second kappa shape index (κ2) is 5.99. The van der Waals surface area contributed by atoms with Crippen LogP contribution in [0.4, 0.5) is 4.39 Å². The van der Waals surface area contributed by atoms with Crippen molar-refractivity contribution in [2.45, 2.75) is 20.2 Å². The molecule has 0 aromatic carbocycles. The van der Waals surface area contributed by atoms with Crippen LogP contribution in [0.1, 0.15) is 16.1 Å². The predicted octanol–water partition coefficient (Wildman–Crippen LogP) is 3.06. The van der Waals surface area contributed by atoms with Gasteiger partial charge in [-0.3, -0.25) is 9.17 Å². The van der Waals surface area contributed by atoms with Gasteiger partial charge in [-0.2, -0.15) is 8.42 Å². The van der Waals surface area contributed by atoms with Crippen molar-refractivity contribution < 1.29 is 17.0 Å². The third-order valence-corrected chi connectivity index (χ3v) is 4.28. The molecule has 0 spiro atoms. The van der Waals surface area contributed by atoms with E-state index in [1.54, 1.807) is 11.6 Å². The van der Waals surface area contributed by atoms with E-state index in [0.717, 1.165) is 23.1 Å². The minimum atomic E-state index is -3.56. The van der Waals surface area contributed by atoms with E-state index in [9.17, 15) is 12.8 Å². The third-order valence-electron chi connectivity index (χ3n) is 2.74. The van der Waals surface area contributed by atoms with E-state index in [2.05, 4.69) is 4.98 Å². The van der Waals surface area contributed by atoms with E-state index in [1.165, 1.54) is 11.3 Å². The first-order valence-electron chi connectivity index (χ1n) is 5.83. The van der Waals surface area contributed by atoms with Crippen molar-refractivity contribution in [1.82, 2.24) is 4.98 Å². The predicted molar refractivity (Wildman–Crippen MR) is 76.7 cm³/mol. The monoisotopic (exact) mass is 315 g/mol. The molecule has 0 unspecified atom stereocenters. The van der Waals surface area contributed by atoms with Crippen molar-refractivity contribution in [2.24, 2.45) is 0 Å². The van der Waals surface area contributed by atoms with Crippen LogP contribution in [0.25, 0.3) is 11.1 Å². The van der Waals surface area contributed by atoms with E-state index < -0.39 is 16.8 Å². The second-order valence-corrected chi connectivity index (χ2v) is 6.95. The Hall–Kier alpha value is -1.31.